The molecule has 0 unspecified atom stereocenters. The average Bonchev–Trinajstić information content (AvgIpc) is 3.05. The molecule has 0 radical (unpaired) electrons. The van der Waals surface area contributed by atoms with Crippen LogP contribution in [0, 0.1) is 0 Å². The molecule has 2 aromatic carbocycles. The van der Waals surface area contributed by atoms with Crippen molar-refractivity contribution in [1.82, 2.24) is 14.9 Å². The maximum Gasteiger partial charge on any atom is 0.320 e. The molecule has 27 heavy (non-hydrogen) atoms. The molecule has 0 spiro atoms. The third-order valence-corrected chi connectivity index (χ3v) is 4.28. The van der Waals surface area contributed by atoms with Gasteiger partial charge >= 0.3 is 6.55 Å². The number of halogens is 2. The number of benzene rings is 2. The van der Waals surface area contributed by atoms with Crippen LogP contribution in [0.4, 0.5) is 8.78 Å². The molecule has 0 saturated carbocycles. The number of rotatable bonds is 6. The highest BCUT2D eigenvalue weighted by atomic mass is 19.3. The number of fused-ring (bicyclic) bond motifs is 1. The molecule has 0 bridgehead atoms. The Morgan fingerprint density at radius 3 is 2.70 bits per heavy atom. The zero-order valence-corrected chi connectivity index (χ0v) is 14.8. The first kappa shape index (κ1) is 18.6. The second-order valence-corrected chi connectivity index (χ2v) is 6.10. The van der Waals surface area contributed by atoms with Gasteiger partial charge in [-0.2, -0.15) is 8.78 Å². The Bertz CT molecular complexity index is 972. The van der Waals surface area contributed by atoms with Crippen molar-refractivity contribution in [2.24, 2.45) is 0 Å². The van der Waals surface area contributed by atoms with E-state index in [2.05, 4.69) is 10.3 Å². The number of para-hydroxylation sites is 2. The Balaban J connectivity index is 1.78. The zero-order valence-electron chi connectivity index (χ0n) is 14.8. The molecule has 142 valence electrons. The van der Waals surface area contributed by atoms with Gasteiger partial charge in [-0.15, -0.1) is 0 Å². The molecule has 0 fully saturated rings. The molecule has 8 heteroatoms. The van der Waals surface area contributed by atoms with E-state index in [1.165, 1.54) is 19.2 Å². The van der Waals surface area contributed by atoms with Crippen molar-refractivity contribution < 1.29 is 23.4 Å². The Morgan fingerprint density at radius 1 is 1.30 bits per heavy atom. The number of nitrogens with one attached hydrogen (secondary N) is 1. The summed E-state index contributed by atoms with van der Waals surface area (Å²) >= 11 is 0. The van der Waals surface area contributed by atoms with E-state index in [-0.39, 0.29) is 23.7 Å². The Kier molecular flexibility index (Phi) is 5.25. The van der Waals surface area contributed by atoms with Crippen LogP contribution in [-0.4, -0.2) is 34.2 Å². The minimum atomic E-state index is -2.74. The fraction of sp³-hybridized carbons (Fsp3) is 0.263. The predicted molar refractivity (Wildman–Crippen MR) is 96.4 cm³/mol. The van der Waals surface area contributed by atoms with Crippen LogP contribution in [0.3, 0.4) is 0 Å². The number of alkyl halides is 2. The molecule has 0 aliphatic heterocycles. The van der Waals surface area contributed by atoms with Crippen LogP contribution < -0.4 is 10.1 Å². The topological polar surface area (TPSA) is 76.4 Å². The van der Waals surface area contributed by atoms with E-state index < -0.39 is 18.4 Å². The second-order valence-electron chi connectivity index (χ2n) is 6.10. The Hall–Kier alpha value is -3.16. The van der Waals surface area contributed by atoms with Crippen molar-refractivity contribution in [3.05, 3.63) is 53.9 Å². The molecule has 3 aromatic rings. The van der Waals surface area contributed by atoms with Crippen molar-refractivity contribution >= 4 is 16.9 Å². The molecule has 3 rings (SSSR count). The monoisotopic (exact) mass is 375 g/mol. The number of phenolic OH excluding ortho intramolecular Hbond substituents is 1. The molecule has 1 aromatic heterocycles. The molecule has 0 saturated heterocycles. The number of carbonyl (C=O) groups is 1. The molecule has 6 nitrogen and oxygen atoms in total. The van der Waals surface area contributed by atoms with Gasteiger partial charge in [-0.1, -0.05) is 19.1 Å². The van der Waals surface area contributed by atoms with Crippen LogP contribution in [0.15, 0.2) is 42.5 Å². The summed E-state index contributed by atoms with van der Waals surface area (Å²) in [5.41, 5.74) is 0.887. The number of hydrogen-bond donors (Lipinski definition) is 2. The van der Waals surface area contributed by atoms with E-state index in [1.807, 2.05) is 0 Å². The normalized spacial score (nSPS) is 12.3. The first-order valence-electron chi connectivity index (χ1n) is 8.32. The van der Waals surface area contributed by atoms with Crippen LogP contribution in [0.25, 0.3) is 11.0 Å². The first-order chi connectivity index (χ1) is 12.9. The maximum atomic E-state index is 13.5. The summed E-state index contributed by atoms with van der Waals surface area (Å²) in [5, 5.41) is 12.6. The predicted octanol–water partition coefficient (Wildman–Crippen LogP) is 3.68. The number of nitrogens with zero attached hydrogens (tertiary/aromatic N) is 2. The van der Waals surface area contributed by atoms with Gasteiger partial charge in [0.1, 0.15) is 17.3 Å². The van der Waals surface area contributed by atoms with Crippen LogP contribution >= 0.6 is 0 Å². The fourth-order valence-corrected chi connectivity index (χ4v) is 2.88. The van der Waals surface area contributed by atoms with Gasteiger partial charge in [0.15, 0.2) is 0 Å². The lowest BCUT2D eigenvalue weighted by molar-refractivity contribution is 0.0704. The first-order valence-corrected chi connectivity index (χ1v) is 8.32. The van der Waals surface area contributed by atoms with Gasteiger partial charge in [0, 0.05) is 18.5 Å². The summed E-state index contributed by atoms with van der Waals surface area (Å²) in [6.07, 6.45) is 0. The summed E-state index contributed by atoms with van der Waals surface area (Å²) in [6, 6.07) is 11.0. The van der Waals surface area contributed by atoms with Crippen LogP contribution in [0.5, 0.6) is 11.5 Å². The van der Waals surface area contributed by atoms with E-state index >= 15 is 0 Å². The third-order valence-electron chi connectivity index (χ3n) is 4.28. The largest absolute Gasteiger partial charge is 0.507 e. The highest BCUT2D eigenvalue weighted by molar-refractivity contribution is 5.97. The average molecular weight is 375 g/mol. The number of ether oxygens (including phenoxy) is 1. The van der Waals surface area contributed by atoms with E-state index in [1.54, 1.807) is 37.3 Å². The van der Waals surface area contributed by atoms with Gasteiger partial charge in [-0.05, 0) is 24.3 Å². The maximum absolute atomic E-state index is 13.5. The number of aromatic nitrogens is 2. The van der Waals surface area contributed by atoms with Gasteiger partial charge in [-0.25, -0.2) is 4.98 Å². The van der Waals surface area contributed by atoms with E-state index in [0.29, 0.717) is 16.8 Å². The fourth-order valence-electron chi connectivity index (χ4n) is 2.88. The molecule has 0 aliphatic rings. The van der Waals surface area contributed by atoms with E-state index in [9.17, 15) is 18.7 Å². The van der Waals surface area contributed by atoms with Gasteiger partial charge < -0.3 is 15.2 Å². The lowest BCUT2D eigenvalue weighted by Gasteiger charge is -2.15. The highest BCUT2D eigenvalue weighted by Crippen LogP contribution is 2.28. The molecule has 1 amide bonds. The molecule has 0 aliphatic carbocycles. The third kappa shape index (κ3) is 3.69. The number of methoxy groups -OCH3 is 1. The van der Waals surface area contributed by atoms with Crippen molar-refractivity contribution in [2.75, 3.05) is 13.7 Å². The van der Waals surface area contributed by atoms with Crippen molar-refractivity contribution in [3.63, 3.8) is 0 Å². The van der Waals surface area contributed by atoms with Gasteiger partial charge in [0.2, 0.25) is 0 Å². The SMILES string of the molecule is COc1ccc(C(=O)NC[C@@H](C)c2nc3ccccc3n2C(F)F)c(O)c1. The zero-order chi connectivity index (χ0) is 19.6. The van der Waals surface area contributed by atoms with Crippen LogP contribution in [0.1, 0.15) is 35.6 Å². The van der Waals surface area contributed by atoms with Crippen LogP contribution in [0.2, 0.25) is 0 Å². The number of amides is 1. The number of aromatic hydroxyl groups is 1. The van der Waals surface area contributed by atoms with Gasteiger partial charge in [0.25, 0.3) is 5.91 Å². The van der Waals surface area contributed by atoms with Crippen molar-refractivity contribution in [3.8, 4) is 11.5 Å². The molecule has 1 heterocycles. The summed E-state index contributed by atoms with van der Waals surface area (Å²) < 4.78 is 32.9. The highest BCUT2D eigenvalue weighted by Gasteiger charge is 2.22. The molecule has 1 atom stereocenters. The Labute approximate surface area is 154 Å². The standard InChI is InChI=1S/C19H19F2N3O3/c1-11(10-22-18(26)13-8-7-12(27-2)9-16(13)25)17-23-14-5-3-4-6-15(14)24(17)19(20)21/h3-9,11,19,25H,10H2,1-2H3,(H,22,26)/t11-/m1/s1. The van der Waals surface area contributed by atoms with Crippen LogP contribution in [-0.2, 0) is 0 Å². The quantitative estimate of drug-likeness (QED) is 0.689. The number of imidazole rings is 1. The van der Waals surface area contributed by atoms with Crippen molar-refractivity contribution in [2.45, 2.75) is 19.4 Å². The summed E-state index contributed by atoms with van der Waals surface area (Å²) in [7, 11) is 1.45. The number of phenols is 1. The summed E-state index contributed by atoms with van der Waals surface area (Å²) in [5.74, 6) is -0.592. The minimum Gasteiger partial charge on any atom is -0.507 e. The lowest BCUT2D eigenvalue weighted by atomic mass is 10.1. The summed E-state index contributed by atoms with van der Waals surface area (Å²) in [6.45, 7) is -0.953. The lowest BCUT2D eigenvalue weighted by Crippen LogP contribution is -2.28. The smallest absolute Gasteiger partial charge is 0.320 e. The Morgan fingerprint density at radius 2 is 2.04 bits per heavy atom. The van der Waals surface area contributed by atoms with Gasteiger partial charge in [0.05, 0.1) is 23.7 Å². The van der Waals surface area contributed by atoms with E-state index in [0.717, 1.165) is 4.57 Å². The van der Waals surface area contributed by atoms with Crippen molar-refractivity contribution in [1.29, 1.82) is 0 Å². The van der Waals surface area contributed by atoms with Gasteiger partial charge in [-0.3, -0.25) is 9.36 Å². The summed E-state index contributed by atoms with van der Waals surface area (Å²) in [4.78, 5) is 16.6. The molecular weight excluding hydrogens is 356 g/mol. The second kappa shape index (κ2) is 7.61. The minimum absolute atomic E-state index is 0.0744. The van der Waals surface area contributed by atoms with E-state index in [4.69, 9.17) is 4.74 Å². The number of carbonyl (C=O) groups excluding carboxylic acids is 1. The molecular formula is C19H19F2N3O3. The number of hydrogen-bond acceptors (Lipinski definition) is 4. The molecule has 2 N–H and O–H groups in total.